The van der Waals surface area contributed by atoms with Crippen LogP contribution in [0.15, 0.2) is 66.3 Å². The van der Waals surface area contributed by atoms with E-state index in [0.717, 1.165) is 23.4 Å². The highest BCUT2D eigenvalue weighted by atomic mass is 32.2. The summed E-state index contributed by atoms with van der Waals surface area (Å²) in [5, 5.41) is 11.1. The Morgan fingerprint density at radius 2 is 1.90 bits per heavy atom. The van der Waals surface area contributed by atoms with Gasteiger partial charge in [0, 0.05) is 12.1 Å². The number of amides is 1. The summed E-state index contributed by atoms with van der Waals surface area (Å²) in [7, 11) is 1.57. The van der Waals surface area contributed by atoms with Crippen LogP contribution in [0.5, 0.6) is 5.75 Å². The van der Waals surface area contributed by atoms with Gasteiger partial charge in [0.1, 0.15) is 5.75 Å². The third-order valence-electron chi connectivity index (χ3n) is 4.22. The zero-order chi connectivity index (χ0) is 22.4. The van der Waals surface area contributed by atoms with E-state index in [0.29, 0.717) is 23.3 Å². The maximum atomic E-state index is 13.1. The number of allylic oxidation sites excluding steroid dienone is 1. The Morgan fingerprint density at radius 1 is 1.19 bits per heavy atom. The number of halogens is 3. The highest BCUT2D eigenvalue weighted by Crippen LogP contribution is 2.34. The number of carbonyl (C=O) groups excluding carboxylic acids is 1. The fraction of sp³-hybridized carbons (Fsp3) is 0.190. The van der Waals surface area contributed by atoms with Gasteiger partial charge in [-0.15, -0.1) is 16.8 Å². The van der Waals surface area contributed by atoms with E-state index >= 15 is 0 Å². The molecule has 3 aromatic rings. The number of anilines is 1. The van der Waals surface area contributed by atoms with Crippen molar-refractivity contribution in [3.8, 4) is 17.1 Å². The fourth-order valence-electron chi connectivity index (χ4n) is 2.80. The summed E-state index contributed by atoms with van der Waals surface area (Å²) in [6, 6.07) is 12.1. The van der Waals surface area contributed by atoms with E-state index in [-0.39, 0.29) is 11.4 Å². The molecule has 1 amide bonds. The molecule has 0 atom stereocenters. The summed E-state index contributed by atoms with van der Waals surface area (Å²) in [4.78, 5) is 12.3. The van der Waals surface area contributed by atoms with E-state index in [1.807, 2.05) is 12.1 Å². The molecule has 10 heteroatoms. The van der Waals surface area contributed by atoms with Crippen molar-refractivity contribution in [2.45, 2.75) is 17.9 Å². The summed E-state index contributed by atoms with van der Waals surface area (Å²) >= 11 is 1.07. The second-order valence-corrected chi connectivity index (χ2v) is 7.26. The summed E-state index contributed by atoms with van der Waals surface area (Å²) in [6.45, 7) is 4.13. The van der Waals surface area contributed by atoms with Crippen molar-refractivity contribution in [2.24, 2.45) is 0 Å². The molecule has 0 unspecified atom stereocenters. The molecule has 1 aromatic heterocycles. The van der Waals surface area contributed by atoms with Gasteiger partial charge in [-0.1, -0.05) is 30.0 Å². The smallest absolute Gasteiger partial charge is 0.418 e. The van der Waals surface area contributed by atoms with Crippen LogP contribution in [0.2, 0.25) is 0 Å². The number of ether oxygens (including phenoxy) is 1. The zero-order valence-electron chi connectivity index (χ0n) is 16.5. The Morgan fingerprint density at radius 3 is 2.55 bits per heavy atom. The number of alkyl halides is 3. The molecule has 0 fully saturated rings. The van der Waals surface area contributed by atoms with Crippen molar-refractivity contribution in [3.05, 3.63) is 66.7 Å². The van der Waals surface area contributed by atoms with Crippen LogP contribution in [-0.2, 0) is 17.5 Å². The van der Waals surface area contributed by atoms with Crippen LogP contribution in [0.4, 0.5) is 18.9 Å². The van der Waals surface area contributed by atoms with E-state index in [4.69, 9.17) is 4.74 Å². The first-order valence-corrected chi connectivity index (χ1v) is 10.1. The van der Waals surface area contributed by atoms with Gasteiger partial charge in [0.15, 0.2) is 11.0 Å². The lowest BCUT2D eigenvalue weighted by Crippen LogP contribution is -2.18. The minimum absolute atomic E-state index is 0.135. The molecule has 2 aromatic carbocycles. The zero-order valence-corrected chi connectivity index (χ0v) is 17.3. The van der Waals surface area contributed by atoms with Crippen LogP contribution in [0.1, 0.15) is 5.56 Å². The highest BCUT2D eigenvalue weighted by Gasteiger charge is 2.33. The third-order valence-corrected chi connectivity index (χ3v) is 5.18. The van der Waals surface area contributed by atoms with Gasteiger partial charge in [-0.3, -0.25) is 9.36 Å². The van der Waals surface area contributed by atoms with Crippen LogP contribution in [0, 0.1) is 0 Å². The van der Waals surface area contributed by atoms with Crippen LogP contribution in [0.25, 0.3) is 11.4 Å². The van der Waals surface area contributed by atoms with E-state index in [9.17, 15) is 18.0 Å². The molecule has 0 radical (unpaired) electrons. The van der Waals surface area contributed by atoms with Crippen LogP contribution in [-0.4, -0.2) is 33.5 Å². The molecule has 162 valence electrons. The summed E-state index contributed by atoms with van der Waals surface area (Å²) in [6.07, 6.45) is -2.89. The quantitative estimate of drug-likeness (QED) is 0.393. The lowest BCUT2D eigenvalue weighted by atomic mass is 10.1. The van der Waals surface area contributed by atoms with Gasteiger partial charge in [-0.2, -0.15) is 13.2 Å². The second kappa shape index (κ2) is 9.69. The van der Waals surface area contributed by atoms with Gasteiger partial charge < -0.3 is 10.1 Å². The monoisotopic (exact) mass is 448 g/mol. The molecule has 1 N–H and O–H groups in total. The van der Waals surface area contributed by atoms with E-state index in [1.54, 1.807) is 29.9 Å². The lowest BCUT2D eigenvalue weighted by Gasteiger charge is -2.13. The lowest BCUT2D eigenvalue weighted by molar-refractivity contribution is -0.137. The number of methoxy groups -OCH3 is 1. The predicted molar refractivity (Wildman–Crippen MR) is 113 cm³/mol. The summed E-state index contributed by atoms with van der Waals surface area (Å²) in [5.74, 6) is 0.557. The first kappa shape index (κ1) is 22.4. The van der Waals surface area contributed by atoms with Crippen LogP contribution < -0.4 is 10.1 Å². The molecule has 0 spiro atoms. The van der Waals surface area contributed by atoms with Gasteiger partial charge in [-0.25, -0.2) is 0 Å². The normalized spacial score (nSPS) is 11.2. The van der Waals surface area contributed by atoms with Crippen molar-refractivity contribution in [1.82, 2.24) is 14.8 Å². The van der Waals surface area contributed by atoms with E-state index in [1.165, 1.54) is 18.2 Å². The van der Waals surface area contributed by atoms with Crippen LogP contribution >= 0.6 is 11.8 Å². The Balaban J connectivity index is 1.74. The summed E-state index contributed by atoms with van der Waals surface area (Å²) < 4.78 is 46.2. The van der Waals surface area contributed by atoms with Crippen molar-refractivity contribution < 1.29 is 22.7 Å². The standard InChI is InChI=1S/C21H19F3N4O2S/c1-3-12-28-19(14-8-10-15(30-2)11-9-14)26-27-20(28)31-13-18(29)25-17-7-5-4-6-16(17)21(22,23)24/h3-11H,1,12-13H2,2H3,(H,25,29). The maximum Gasteiger partial charge on any atom is 0.418 e. The van der Waals surface area contributed by atoms with Gasteiger partial charge in [0.05, 0.1) is 24.1 Å². The Hall–Kier alpha value is -3.27. The molecule has 1 heterocycles. The van der Waals surface area contributed by atoms with Gasteiger partial charge in [0.25, 0.3) is 0 Å². The topological polar surface area (TPSA) is 69.0 Å². The van der Waals surface area contributed by atoms with Gasteiger partial charge in [0.2, 0.25) is 5.91 Å². The SMILES string of the molecule is C=CCn1c(SCC(=O)Nc2ccccc2C(F)(F)F)nnc1-c1ccc(OC)cc1. The van der Waals surface area contributed by atoms with E-state index < -0.39 is 17.6 Å². The van der Waals surface area contributed by atoms with Crippen molar-refractivity contribution >= 4 is 23.4 Å². The minimum atomic E-state index is -4.56. The predicted octanol–water partition coefficient (Wildman–Crippen LogP) is 4.89. The molecular formula is C21H19F3N4O2S. The second-order valence-electron chi connectivity index (χ2n) is 6.31. The number of nitrogens with one attached hydrogen (secondary N) is 1. The first-order chi connectivity index (χ1) is 14.8. The fourth-order valence-corrected chi connectivity index (χ4v) is 3.55. The minimum Gasteiger partial charge on any atom is -0.497 e. The molecule has 31 heavy (non-hydrogen) atoms. The molecule has 3 rings (SSSR count). The van der Waals surface area contributed by atoms with E-state index in [2.05, 4.69) is 22.1 Å². The summed E-state index contributed by atoms with van der Waals surface area (Å²) in [5.41, 5.74) is -0.386. The van der Waals surface area contributed by atoms with Gasteiger partial charge >= 0.3 is 6.18 Å². The molecular weight excluding hydrogens is 429 g/mol. The number of thioether (sulfide) groups is 1. The third kappa shape index (κ3) is 5.46. The van der Waals surface area contributed by atoms with Crippen molar-refractivity contribution in [2.75, 3.05) is 18.2 Å². The molecule has 0 bridgehead atoms. The van der Waals surface area contributed by atoms with Crippen LogP contribution in [0.3, 0.4) is 0 Å². The first-order valence-electron chi connectivity index (χ1n) is 9.11. The molecule has 0 aliphatic heterocycles. The van der Waals surface area contributed by atoms with Crippen molar-refractivity contribution in [1.29, 1.82) is 0 Å². The van der Waals surface area contributed by atoms with Gasteiger partial charge in [-0.05, 0) is 36.4 Å². The number of nitrogens with zero attached hydrogens (tertiary/aromatic N) is 3. The number of rotatable bonds is 8. The number of benzene rings is 2. The molecule has 0 aliphatic carbocycles. The maximum absolute atomic E-state index is 13.1. The van der Waals surface area contributed by atoms with Crippen molar-refractivity contribution in [3.63, 3.8) is 0 Å². The molecule has 6 nitrogen and oxygen atoms in total. The Kier molecular flexibility index (Phi) is 7.01. The molecule has 0 aliphatic rings. The average Bonchev–Trinajstić information content (AvgIpc) is 3.15. The Labute approximate surface area is 181 Å². The number of carbonyl (C=O) groups is 1. The Bertz CT molecular complexity index is 1070. The number of hydrogen-bond donors (Lipinski definition) is 1. The highest BCUT2D eigenvalue weighted by molar-refractivity contribution is 7.99. The number of para-hydroxylation sites is 1. The molecule has 0 saturated heterocycles. The number of hydrogen-bond acceptors (Lipinski definition) is 5. The number of aromatic nitrogens is 3. The average molecular weight is 448 g/mol. The largest absolute Gasteiger partial charge is 0.497 e. The molecule has 0 saturated carbocycles.